The molecule has 1 aromatic rings. The molecule has 17 heavy (non-hydrogen) atoms. The molecule has 0 saturated heterocycles. The van der Waals surface area contributed by atoms with Crippen molar-refractivity contribution in [3.05, 3.63) is 11.9 Å². The van der Waals surface area contributed by atoms with Gasteiger partial charge in [-0.3, -0.25) is 0 Å². The van der Waals surface area contributed by atoms with E-state index in [2.05, 4.69) is 15.3 Å². The second-order valence-corrected chi connectivity index (χ2v) is 3.93. The van der Waals surface area contributed by atoms with E-state index in [1.54, 1.807) is 0 Å². The summed E-state index contributed by atoms with van der Waals surface area (Å²) in [6.45, 7) is 9.90. The number of nitrogens with one attached hydrogen (secondary N) is 1. The average Bonchev–Trinajstić information content (AvgIpc) is 2.29. The summed E-state index contributed by atoms with van der Waals surface area (Å²) < 4.78 is 10.8. The number of hydrogen-bond acceptors (Lipinski definition) is 5. The van der Waals surface area contributed by atoms with Gasteiger partial charge >= 0.3 is 0 Å². The third-order valence-electron chi connectivity index (χ3n) is 2.16. The number of nitrogens with zero attached hydrogens (tertiary/aromatic N) is 2. The van der Waals surface area contributed by atoms with Crippen molar-refractivity contribution in [2.24, 2.45) is 0 Å². The van der Waals surface area contributed by atoms with Crippen LogP contribution in [0.25, 0.3) is 0 Å². The summed E-state index contributed by atoms with van der Waals surface area (Å²) in [5.74, 6) is 1.44. The zero-order valence-electron chi connectivity index (χ0n) is 11.0. The lowest BCUT2D eigenvalue weighted by Crippen LogP contribution is -2.15. The molecule has 0 atom stereocenters. The van der Waals surface area contributed by atoms with E-state index in [4.69, 9.17) is 9.47 Å². The van der Waals surface area contributed by atoms with Crippen LogP contribution in [-0.4, -0.2) is 35.8 Å². The van der Waals surface area contributed by atoms with Crippen molar-refractivity contribution in [3.8, 4) is 5.88 Å². The van der Waals surface area contributed by atoms with Gasteiger partial charge in [-0.1, -0.05) is 0 Å². The van der Waals surface area contributed by atoms with Crippen molar-refractivity contribution in [1.29, 1.82) is 0 Å². The molecule has 0 aromatic carbocycles. The molecule has 5 heteroatoms. The molecule has 0 radical (unpaired) electrons. The van der Waals surface area contributed by atoms with Crippen LogP contribution in [-0.2, 0) is 4.74 Å². The Morgan fingerprint density at radius 2 is 2.12 bits per heavy atom. The van der Waals surface area contributed by atoms with Gasteiger partial charge in [-0.25, -0.2) is 9.97 Å². The van der Waals surface area contributed by atoms with E-state index < -0.39 is 0 Å². The maximum atomic E-state index is 5.44. The molecule has 1 aromatic heterocycles. The third kappa shape index (κ3) is 4.56. The van der Waals surface area contributed by atoms with E-state index in [1.807, 2.05) is 27.7 Å². The molecule has 1 heterocycles. The standard InChI is InChI=1S/C12H21N3O2/c1-5-16-12-10(4)11(14-8-15-12)13-6-7-17-9(2)3/h8-9H,5-7H2,1-4H3,(H,13,14,15). The summed E-state index contributed by atoms with van der Waals surface area (Å²) >= 11 is 0. The van der Waals surface area contributed by atoms with Crippen molar-refractivity contribution in [3.63, 3.8) is 0 Å². The SMILES string of the molecule is CCOc1ncnc(NCCOC(C)C)c1C. The molecule has 5 nitrogen and oxygen atoms in total. The Bertz CT molecular complexity index is 343. The maximum Gasteiger partial charge on any atom is 0.221 e. The summed E-state index contributed by atoms with van der Waals surface area (Å²) in [6.07, 6.45) is 1.76. The summed E-state index contributed by atoms with van der Waals surface area (Å²) in [7, 11) is 0. The Labute approximate surface area is 103 Å². The van der Waals surface area contributed by atoms with E-state index in [9.17, 15) is 0 Å². The maximum absolute atomic E-state index is 5.44. The summed E-state index contributed by atoms with van der Waals surface area (Å²) in [5.41, 5.74) is 0.930. The summed E-state index contributed by atoms with van der Waals surface area (Å²) in [5, 5.41) is 3.21. The van der Waals surface area contributed by atoms with Gasteiger partial charge in [0.1, 0.15) is 12.1 Å². The van der Waals surface area contributed by atoms with Crippen LogP contribution in [0.15, 0.2) is 6.33 Å². The monoisotopic (exact) mass is 239 g/mol. The fourth-order valence-electron chi connectivity index (χ4n) is 1.36. The van der Waals surface area contributed by atoms with E-state index in [0.29, 0.717) is 19.1 Å². The molecular formula is C12H21N3O2. The fourth-order valence-corrected chi connectivity index (χ4v) is 1.36. The van der Waals surface area contributed by atoms with Gasteiger partial charge in [0.25, 0.3) is 0 Å². The van der Waals surface area contributed by atoms with Crippen LogP contribution in [0.1, 0.15) is 26.3 Å². The average molecular weight is 239 g/mol. The first kappa shape index (κ1) is 13.7. The van der Waals surface area contributed by atoms with Crippen molar-refractivity contribution in [2.75, 3.05) is 25.1 Å². The van der Waals surface area contributed by atoms with E-state index >= 15 is 0 Å². The topological polar surface area (TPSA) is 56.3 Å². The van der Waals surface area contributed by atoms with Gasteiger partial charge in [-0.05, 0) is 27.7 Å². The Morgan fingerprint density at radius 3 is 2.76 bits per heavy atom. The van der Waals surface area contributed by atoms with Gasteiger partial charge in [-0.15, -0.1) is 0 Å². The molecule has 1 rings (SSSR count). The van der Waals surface area contributed by atoms with Crippen LogP contribution in [0, 0.1) is 6.92 Å². The van der Waals surface area contributed by atoms with E-state index in [0.717, 1.165) is 17.9 Å². The van der Waals surface area contributed by atoms with Crippen molar-refractivity contribution in [2.45, 2.75) is 33.8 Å². The molecular weight excluding hydrogens is 218 g/mol. The zero-order valence-corrected chi connectivity index (χ0v) is 11.0. The van der Waals surface area contributed by atoms with Crippen LogP contribution in [0.5, 0.6) is 5.88 Å². The number of hydrogen-bond donors (Lipinski definition) is 1. The molecule has 0 saturated carbocycles. The van der Waals surface area contributed by atoms with Crippen LogP contribution in [0.3, 0.4) is 0 Å². The molecule has 0 aliphatic heterocycles. The summed E-state index contributed by atoms with van der Waals surface area (Å²) in [4.78, 5) is 8.26. The molecule has 0 unspecified atom stereocenters. The highest BCUT2D eigenvalue weighted by Crippen LogP contribution is 2.19. The molecule has 0 aliphatic rings. The molecule has 0 fully saturated rings. The highest BCUT2D eigenvalue weighted by Gasteiger charge is 2.06. The summed E-state index contributed by atoms with van der Waals surface area (Å²) in [6, 6.07) is 0. The van der Waals surface area contributed by atoms with Crippen LogP contribution < -0.4 is 10.1 Å². The first-order chi connectivity index (χ1) is 8.15. The predicted molar refractivity (Wildman–Crippen MR) is 67.5 cm³/mol. The molecule has 0 amide bonds. The predicted octanol–water partition coefficient (Wildman–Crippen LogP) is 2.02. The molecule has 0 aliphatic carbocycles. The molecule has 96 valence electrons. The van der Waals surface area contributed by atoms with Gasteiger partial charge < -0.3 is 14.8 Å². The van der Waals surface area contributed by atoms with Gasteiger partial charge in [0.15, 0.2) is 0 Å². The van der Waals surface area contributed by atoms with Gasteiger partial charge in [0.05, 0.1) is 24.9 Å². The minimum Gasteiger partial charge on any atom is -0.478 e. The van der Waals surface area contributed by atoms with E-state index in [1.165, 1.54) is 6.33 Å². The van der Waals surface area contributed by atoms with Crippen LogP contribution >= 0.6 is 0 Å². The highest BCUT2D eigenvalue weighted by atomic mass is 16.5. The Balaban J connectivity index is 2.50. The largest absolute Gasteiger partial charge is 0.478 e. The number of aromatic nitrogens is 2. The van der Waals surface area contributed by atoms with Gasteiger partial charge in [0, 0.05) is 6.54 Å². The minimum atomic E-state index is 0.252. The van der Waals surface area contributed by atoms with Gasteiger partial charge in [0.2, 0.25) is 5.88 Å². The number of anilines is 1. The number of rotatable bonds is 7. The molecule has 1 N–H and O–H groups in total. The molecule has 0 spiro atoms. The highest BCUT2D eigenvalue weighted by molar-refractivity contribution is 5.47. The van der Waals surface area contributed by atoms with Crippen LogP contribution in [0.2, 0.25) is 0 Å². The lowest BCUT2D eigenvalue weighted by Gasteiger charge is -2.12. The second kappa shape index (κ2) is 7.06. The number of ether oxygens (including phenoxy) is 2. The third-order valence-corrected chi connectivity index (χ3v) is 2.16. The van der Waals surface area contributed by atoms with Crippen molar-refractivity contribution < 1.29 is 9.47 Å². The normalized spacial score (nSPS) is 10.6. The Kier molecular flexibility index (Phi) is 5.69. The quantitative estimate of drug-likeness (QED) is 0.738. The Hall–Kier alpha value is -1.36. The minimum absolute atomic E-state index is 0.252. The van der Waals surface area contributed by atoms with Gasteiger partial charge in [-0.2, -0.15) is 0 Å². The lowest BCUT2D eigenvalue weighted by molar-refractivity contribution is 0.0870. The first-order valence-corrected chi connectivity index (χ1v) is 5.95. The van der Waals surface area contributed by atoms with E-state index in [-0.39, 0.29) is 6.10 Å². The van der Waals surface area contributed by atoms with Crippen LogP contribution in [0.4, 0.5) is 5.82 Å². The molecule has 0 bridgehead atoms. The zero-order chi connectivity index (χ0) is 12.7. The first-order valence-electron chi connectivity index (χ1n) is 5.95. The Morgan fingerprint density at radius 1 is 1.35 bits per heavy atom. The fraction of sp³-hybridized carbons (Fsp3) is 0.667. The smallest absolute Gasteiger partial charge is 0.221 e. The second-order valence-electron chi connectivity index (χ2n) is 3.93. The van der Waals surface area contributed by atoms with Crippen molar-refractivity contribution in [1.82, 2.24) is 9.97 Å². The van der Waals surface area contributed by atoms with Crippen molar-refractivity contribution >= 4 is 5.82 Å². The lowest BCUT2D eigenvalue weighted by atomic mass is 10.3.